The van der Waals surface area contributed by atoms with Gasteiger partial charge in [0.05, 0.1) is 0 Å². The van der Waals surface area contributed by atoms with Crippen molar-refractivity contribution in [2.75, 3.05) is 6.54 Å². The summed E-state index contributed by atoms with van der Waals surface area (Å²) >= 11 is 0. The number of rotatable bonds is 7. The van der Waals surface area contributed by atoms with Crippen LogP contribution in [0.2, 0.25) is 0 Å². The number of amides is 2. The first-order chi connectivity index (χ1) is 12.1. The van der Waals surface area contributed by atoms with Crippen molar-refractivity contribution in [3.8, 4) is 0 Å². The van der Waals surface area contributed by atoms with Gasteiger partial charge in [0, 0.05) is 0 Å². The molecule has 0 saturated heterocycles. The van der Waals surface area contributed by atoms with Crippen molar-refractivity contribution >= 4 is 18.0 Å². The van der Waals surface area contributed by atoms with Gasteiger partial charge in [0.25, 0.3) is 0 Å². The number of hydrogen-bond donors (Lipinski definition) is 2. The molecule has 0 aliphatic carbocycles. The molecule has 0 radical (unpaired) electrons. The smallest absolute Gasteiger partial charge is 0.408 e. The summed E-state index contributed by atoms with van der Waals surface area (Å²) in [5.41, 5.74) is 0.212. The standard InChI is InChI=1S/C19H28N2O5/c1-13(2)16(17(23)25-12-14-9-7-6-8-10-14)21-15(22)11-20-18(24)26-19(3,4)5/h6-10,13,16H,11-12H2,1-5H3,(H,20,24)(H,21,22). The highest BCUT2D eigenvalue weighted by Crippen LogP contribution is 2.08. The minimum absolute atomic E-state index is 0.134. The van der Waals surface area contributed by atoms with Crippen LogP contribution >= 0.6 is 0 Å². The van der Waals surface area contributed by atoms with Crippen molar-refractivity contribution in [1.29, 1.82) is 0 Å². The molecule has 0 aromatic heterocycles. The van der Waals surface area contributed by atoms with Gasteiger partial charge in [0.15, 0.2) is 0 Å². The highest BCUT2D eigenvalue weighted by atomic mass is 16.6. The molecule has 0 heterocycles. The SMILES string of the molecule is CC(C)C(NC(=O)CNC(=O)OC(C)(C)C)C(=O)OCc1ccccc1. The summed E-state index contributed by atoms with van der Waals surface area (Å²) in [5.74, 6) is -1.18. The molecule has 1 atom stereocenters. The van der Waals surface area contributed by atoms with Crippen molar-refractivity contribution in [3.05, 3.63) is 35.9 Å². The van der Waals surface area contributed by atoms with Crippen molar-refractivity contribution in [2.45, 2.75) is 52.9 Å². The Bertz CT molecular complexity index is 608. The van der Waals surface area contributed by atoms with Crippen LogP contribution in [0.1, 0.15) is 40.2 Å². The average molecular weight is 364 g/mol. The lowest BCUT2D eigenvalue weighted by molar-refractivity contribution is -0.150. The van der Waals surface area contributed by atoms with E-state index in [0.717, 1.165) is 5.56 Å². The fourth-order valence-corrected chi connectivity index (χ4v) is 2.01. The molecule has 144 valence electrons. The second-order valence-electron chi connectivity index (χ2n) is 7.24. The number of alkyl carbamates (subject to hydrolysis) is 1. The molecule has 1 aromatic rings. The van der Waals surface area contributed by atoms with E-state index in [1.807, 2.05) is 30.3 Å². The molecule has 0 bridgehead atoms. The second-order valence-corrected chi connectivity index (χ2v) is 7.24. The first-order valence-electron chi connectivity index (χ1n) is 8.55. The predicted octanol–water partition coefficient (Wildman–Crippen LogP) is 2.40. The zero-order chi connectivity index (χ0) is 19.7. The second kappa shape index (κ2) is 9.79. The number of esters is 1. The fourth-order valence-electron chi connectivity index (χ4n) is 2.01. The molecule has 2 amide bonds. The van der Waals surface area contributed by atoms with Crippen LogP contribution in [0.3, 0.4) is 0 Å². The Labute approximate surface area is 154 Å². The van der Waals surface area contributed by atoms with Gasteiger partial charge < -0.3 is 20.1 Å². The third-order valence-electron chi connectivity index (χ3n) is 3.25. The molecule has 7 nitrogen and oxygen atoms in total. The van der Waals surface area contributed by atoms with E-state index in [-0.39, 0.29) is 19.1 Å². The van der Waals surface area contributed by atoms with Gasteiger partial charge in [-0.15, -0.1) is 0 Å². The van der Waals surface area contributed by atoms with E-state index in [0.29, 0.717) is 0 Å². The lowest BCUT2D eigenvalue weighted by Crippen LogP contribution is -2.49. The summed E-state index contributed by atoms with van der Waals surface area (Å²) in [6.07, 6.45) is -0.694. The van der Waals surface area contributed by atoms with Crippen molar-refractivity contribution in [2.24, 2.45) is 5.92 Å². The van der Waals surface area contributed by atoms with E-state index in [9.17, 15) is 14.4 Å². The molecule has 1 unspecified atom stereocenters. The maximum absolute atomic E-state index is 12.3. The normalized spacial score (nSPS) is 12.2. The number of hydrogen-bond acceptors (Lipinski definition) is 5. The first kappa shape index (κ1) is 21.5. The van der Waals surface area contributed by atoms with E-state index in [1.165, 1.54) is 0 Å². The molecule has 0 saturated carbocycles. The Kier molecular flexibility index (Phi) is 8.09. The van der Waals surface area contributed by atoms with E-state index in [2.05, 4.69) is 10.6 Å². The van der Waals surface area contributed by atoms with Crippen LogP contribution in [0.5, 0.6) is 0 Å². The van der Waals surface area contributed by atoms with E-state index >= 15 is 0 Å². The molecular formula is C19H28N2O5. The molecule has 0 fully saturated rings. The van der Waals surface area contributed by atoms with Crippen molar-refractivity contribution < 1.29 is 23.9 Å². The van der Waals surface area contributed by atoms with Gasteiger partial charge in [-0.25, -0.2) is 9.59 Å². The third kappa shape index (κ3) is 8.50. The average Bonchev–Trinajstić information content (AvgIpc) is 2.55. The topological polar surface area (TPSA) is 93.7 Å². The van der Waals surface area contributed by atoms with Crippen LogP contribution in [-0.4, -0.2) is 36.2 Å². The molecule has 7 heteroatoms. The third-order valence-corrected chi connectivity index (χ3v) is 3.25. The van der Waals surface area contributed by atoms with Gasteiger partial charge in [-0.2, -0.15) is 0 Å². The summed E-state index contributed by atoms with van der Waals surface area (Å²) in [5, 5.41) is 4.94. The number of benzene rings is 1. The zero-order valence-corrected chi connectivity index (χ0v) is 16.0. The van der Waals surface area contributed by atoms with E-state index < -0.39 is 29.6 Å². The van der Waals surface area contributed by atoms with Crippen molar-refractivity contribution in [3.63, 3.8) is 0 Å². The lowest BCUT2D eigenvalue weighted by Gasteiger charge is -2.22. The van der Waals surface area contributed by atoms with Crippen LogP contribution in [0.4, 0.5) is 4.79 Å². The Morgan fingerprint density at radius 3 is 2.23 bits per heavy atom. The summed E-state index contributed by atoms with van der Waals surface area (Å²) in [6.45, 7) is 8.63. The van der Waals surface area contributed by atoms with Gasteiger partial charge >= 0.3 is 12.1 Å². The number of nitrogens with one attached hydrogen (secondary N) is 2. The van der Waals surface area contributed by atoms with Gasteiger partial charge in [-0.1, -0.05) is 44.2 Å². The highest BCUT2D eigenvalue weighted by Gasteiger charge is 2.26. The molecule has 0 aliphatic rings. The van der Waals surface area contributed by atoms with Crippen molar-refractivity contribution in [1.82, 2.24) is 10.6 Å². The zero-order valence-electron chi connectivity index (χ0n) is 16.0. The maximum atomic E-state index is 12.3. The summed E-state index contributed by atoms with van der Waals surface area (Å²) in [4.78, 5) is 35.9. The molecule has 2 N–H and O–H groups in total. The van der Waals surface area contributed by atoms with Gasteiger partial charge in [0.1, 0.15) is 24.8 Å². The summed E-state index contributed by atoms with van der Waals surface area (Å²) in [7, 11) is 0. The monoisotopic (exact) mass is 364 g/mol. The van der Waals surface area contributed by atoms with Gasteiger partial charge in [-0.3, -0.25) is 4.79 Å². The first-order valence-corrected chi connectivity index (χ1v) is 8.55. The number of ether oxygens (including phenoxy) is 2. The van der Waals surface area contributed by atoms with E-state index in [1.54, 1.807) is 34.6 Å². The molecule has 0 spiro atoms. The van der Waals surface area contributed by atoms with Gasteiger partial charge in [-0.05, 0) is 32.3 Å². The largest absolute Gasteiger partial charge is 0.459 e. The highest BCUT2D eigenvalue weighted by molar-refractivity contribution is 5.87. The van der Waals surface area contributed by atoms with Crippen LogP contribution in [0.25, 0.3) is 0 Å². The minimum Gasteiger partial charge on any atom is -0.459 e. The maximum Gasteiger partial charge on any atom is 0.408 e. The molecule has 0 aliphatic heterocycles. The molecule has 1 aromatic carbocycles. The molecule has 26 heavy (non-hydrogen) atoms. The molecular weight excluding hydrogens is 336 g/mol. The molecule has 1 rings (SSSR count). The summed E-state index contributed by atoms with van der Waals surface area (Å²) in [6, 6.07) is 8.48. The van der Waals surface area contributed by atoms with Crippen LogP contribution in [-0.2, 0) is 25.7 Å². The Morgan fingerprint density at radius 1 is 1.08 bits per heavy atom. The van der Waals surface area contributed by atoms with Crippen LogP contribution in [0.15, 0.2) is 30.3 Å². The van der Waals surface area contributed by atoms with E-state index in [4.69, 9.17) is 9.47 Å². The summed E-state index contributed by atoms with van der Waals surface area (Å²) < 4.78 is 10.3. The Balaban J connectivity index is 2.49. The minimum atomic E-state index is -0.799. The van der Waals surface area contributed by atoms with Crippen LogP contribution in [0, 0.1) is 5.92 Å². The van der Waals surface area contributed by atoms with Crippen LogP contribution < -0.4 is 10.6 Å². The number of carbonyl (C=O) groups excluding carboxylic acids is 3. The van der Waals surface area contributed by atoms with Gasteiger partial charge in [0.2, 0.25) is 5.91 Å². The lowest BCUT2D eigenvalue weighted by atomic mass is 10.0. The number of carbonyl (C=O) groups is 3. The Hall–Kier alpha value is -2.57. The quantitative estimate of drug-likeness (QED) is 0.725. The Morgan fingerprint density at radius 2 is 1.69 bits per heavy atom. The fraction of sp³-hybridized carbons (Fsp3) is 0.526. The predicted molar refractivity (Wildman–Crippen MR) is 97.2 cm³/mol.